The maximum absolute atomic E-state index is 13.1. The Morgan fingerprint density at radius 2 is 1.53 bits per heavy atom. The Balaban J connectivity index is 2.27. The van der Waals surface area contributed by atoms with Gasteiger partial charge >= 0.3 is 24.1 Å². The van der Waals surface area contributed by atoms with Crippen molar-refractivity contribution >= 4 is 35.7 Å². The molecule has 2 aromatic rings. The molecule has 0 unspecified atom stereocenters. The molecule has 0 heterocycles. The highest BCUT2D eigenvalue weighted by Gasteiger charge is 2.32. The van der Waals surface area contributed by atoms with Crippen molar-refractivity contribution in [3.05, 3.63) is 65.7 Å². The minimum Gasteiger partial charge on any atom is -0.469 e. The highest BCUT2D eigenvalue weighted by atomic mass is 16.6. The van der Waals surface area contributed by atoms with Crippen molar-refractivity contribution in [3.8, 4) is 0 Å². The molecule has 14 nitrogen and oxygen atoms in total. The Morgan fingerprint density at radius 3 is 2.14 bits per heavy atom. The van der Waals surface area contributed by atoms with Gasteiger partial charge in [-0.25, -0.2) is 9.59 Å². The zero-order valence-corrected chi connectivity index (χ0v) is 29.3. The van der Waals surface area contributed by atoms with Gasteiger partial charge in [0.2, 0.25) is 5.91 Å². The van der Waals surface area contributed by atoms with Crippen molar-refractivity contribution in [3.63, 3.8) is 0 Å². The van der Waals surface area contributed by atoms with Crippen LogP contribution in [0.1, 0.15) is 57.6 Å². The van der Waals surface area contributed by atoms with Crippen LogP contribution in [0.3, 0.4) is 0 Å². The van der Waals surface area contributed by atoms with Gasteiger partial charge in [-0.05, 0) is 70.6 Å². The first-order valence-corrected chi connectivity index (χ1v) is 16.3. The molecule has 7 N–H and O–H groups in total. The molecule has 0 fully saturated rings. The number of alkyl carbamates (subject to hydrolysis) is 1. The van der Waals surface area contributed by atoms with Crippen LogP contribution in [0.2, 0.25) is 0 Å². The highest BCUT2D eigenvalue weighted by Crippen LogP contribution is 2.14. The number of aryl methyl sites for hydroxylation is 1. The number of para-hydroxylation sites is 1. The molecule has 0 saturated heterocycles. The first-order chi connectivity index (χ1) is 23.2. The number of rotatable bonds is 19. The fraction of sp³-hybridized carbons (Fsp3) is 0.514. The number of esters is 2. The van der Waals surface area contributed by atoms with Crippen LogP contribution in [-0.2, 0) is 35.0 Å². The molecule has 0 aromatic heterocycles. The number of nitrogens with one attached hydrogen (secondary N) is 5. The van der Waals surface area contributed by atoms with Gasteiger partial charge in [0.25, 0.3) is 0 Å². The fourth-order valence-corrected chi connectivity index (χ4v) is 4.97. The molecule has 0 aliphatic heterocycles. The number of carbonyl (C=O) groups is 5. The van der Waals surface area contributed by atoms with E-state index >= 15 is 0 Å². The molecule has 270 valence electrons. The van der Waals surface area contributed by atoms with Crippen molar-refractivity contribution in [2.75, 3.05) is 32.6 Å². The predicted octanol–water partition coefficient (Wildman–Crippen LogP) is 2.93. The van der Waals surface area contributed by atoms with Crippen molar-refractivity contribution < 1.29 is 38.2 Å². The van der Waals surface area contributed by atoms with Crippen LogP contribution in [0.4, 0.5) is 15.3 Å². The van der Waals surface area contributed by atoms with Crippen molar-refractivity contribution in [2.45, 2.75) is 89.6 Å². The number of amides is 4. The lowest BCUT2D eigenvalue weighted by molar-refractivity contribution is -0.149. The summed E-state index contributed by atoms with van der Waals surface area (Å²) in [6, 6.07) is 13.1. The van der Waals surface area contributed by atoms with E-state index in [1.54, 1.807) is 20.8 Å². The standard InChI is InChI=1S/C35H52N6O8/c1-23-14-10-11-17-25(23)40-33(45)37-19-13-12-18-26(41-34(46)49-35(2,3)4)29(39-28(32(44)48-6)21-30(42)47-5)22-38-27(31(36)43)20-24-15-8-7-9-16-24/h7-11,14-17,26-29,38-39H,12-13,18-22H2,1-6H3,(H2,36,43)(H,41,46)(H2,37,40,45)/t26-,27-,28-,29+/m0/s1. The minimum atomic E-state index is -1.14. The van der Waals surface area contributed by atoms with Crippen LogP contribution >= 0.6 is 0 Å². The van der Waals surface area contributed by atoms with E-state index in [1.807, 2.05) is 61.5 Å². The zero-order chi connectivity index (χ0) is 36.4. The van der Waals surface area contributed by atoms with E-state index in [9.17, 15) is 24.0 Å². The molecule has 0 radical (unpaired) electrons. The number of nitrogens with two attached hydrogens (primary N) is 1. The number of anilines is 1. The smallest absolute Gasteiger partial charge is 0.407 e. The summed E-state index contributed by atoms with van der Waals surface area (Å²) in [4.78, 5) is 63.1. The van der Waals surface area contributed by atoms with E-state index in [1.165, 1.54) is 14.2 Å². The van der Waals surface area contributed by atoms with Gasteiger partial charge in [0.1, 0.15) is 11.6 Å². The second kappa shape index (κ2) is 20.6. The monoisotopic (exact) mass is 684 g/mol. The van der Waals surface area contributed by atoms with Crippen molar-refractivity contribution in [1.82, 2.24) is 21.3 Å². The highest BCUT2D eigenvalue weighted by molar-refractivity contribution is 5.90. The molecule has 4 amide bonds. The molecule has 49 heavy (non-hydrogen) atoms. The zero-order valence-electron chi connectivity index (χ0n) is 29.3. The van der Waals surface area contributed by atoms with E-state index in [0.717, 1.165) is 11.1 Å². The van der Waals surface area contributed by atoms with E-state index in [0.29, 0.717) is 37.9 Å². The number of carbonyl (C=O) groups excluding carboxylic acids is 5. The normalized spacial score (nSPS) is 13.6. The van der Waals surface area contributed by atoms with Crippen LogP contribution in [-0.4, -0.2) is 87.0 Å². The first kappa shape index (κ1) is 40.5. The summed E-state index contributed by atoms with van der Waals surface area (Å²) in [6.45, 7) is 7.50. The third kappa shape index (κ3) is 15.8. The third-order valence-corrected chi connectivity index (χ3v) is 7.52. The largest absolute Gasteiger partial charge is 0.469 e. The molecule has 4 atom stereocenters. The number of urea groups is 1. The molecule has 0 aliphatic rings. The van der Waals surface area contributed by atoms with E-state index in [-0.39, 0.29) is 19.0 Å². The van der Waals surface area contributed by atoms with Crippen molar-refractivity contribution in [1.29, 1.82) is 0 Å². The Labute approximate surface area is 288 Å². The van der Waals surface area contributed by atoms with E-state index < -0.39 is 53.7 Å². The van der Waals surface area contributed by atoms with Crippen LogP contribution in [0.5, 0.6) is 0 Å². The van der Waals surface area contributed by atoms with Gasteiger partial charge in [-0.2, -0.15) is 0 Å². The summed E-state index contributed by atoms with van der Waals surface area (Å²) in [5.74, 6) is -1.96. The summed E-state index contributed by atoms with van der Waals surface area (Å²) in [5.41, 5.74) is 7.48. The van der Waals surface area contributed by atoms with Gasteiger partial charge in [0.05, 0.1) is 26.7 Å². The van der Waals surface area contributed by atoms with Gasteiger partial charge in [0, 0.05) is 30.9 Å². The Hall–Kier alpha value is -4.69. The topological polar surface area (TPSA) is 199 Å². The molecule has 0 saturated carbocycles. The lowest BCUT2D eigenvalue weighted by Crippen LogP contribution is -2.60. The van der Waals surface area contributed by atoms with E-state index in [2.05, 4.69) is 26.6 Å². The second-order valence-electron chi connectivity index (χ2n) is 12.6. The number of primary amides is 1. The molecule has 2 aromatic carbocycles. The Morgan fingerprint density at radius 1 is 0.857 bits per heavy atom. The number of hydrogen-bond donors (Lipinski definition) is 6. The summed E-state index contributed by atoms with van der Waals surface area (Å²) < 4.78 is 15.3. The van der Waals surface area contributed by atoms with Crippen LogP contribution in [0.15, 0.2) is 54.6 Å². The number of hydrogen-bond acceptors (Lipinski definition) is 10. The summed E-state index contributed by atoms with van der Waals surface area (Å²) in [6.07, 6.45) is 0.707. The number of ether oxygens (including phenoxy) is 3. The Bertz CT molecular complexity index is 1370. The maximum atomic E-state index is 13.1. The van der Waals surface area contributed by atoms with Crippen LogP contribution < -0.4 is 32.3 Å². The summed E-state index contributed by atoms with van der Waals surface area (Å²) >= 11 is 0. The van der Waals surface area contributed by atoms with Crippen LogP contribution in [0, 0.1) is 6.92 Å². The number of benzene rings is 2. The average molecular weight is 685 g/mol. The molecule has 2 rings (SSSR count). The van der Waals surface area contributed by atoms with Crippen LogP contribution in [0.25, 0.3) is 0 Å². The van der Waals surface area contributed by atoms with Crippen molar-refractivity contribution in [2.24, 2.45) is 5.73 Å². The molecule has 0 aliphatic carbocycles. The lowest BCUT2D eigenvalue weighted by atomic mass is 9.98. The Kier molecular flexibility index (Phi) is 17.0. The summed E-state index contributed by atoms with van der Waals surface area (Å²) in [5, 5.41) is 14.9. The number of methoxy groups -OCH3 is 2. The molecule has 0 spiro atoms. The first-order valence-electron chi connectivity index (χ1n) is 16.3. The van der Waals surface area contributed by atoms with Gasteiger partial charge in [-0.1, -0.05) is 48.5 Å². The van der Waals surface area contributed by atoms with E-state index in [4.69, 9.17) is 19.9 Å². The fourth-order valence-electron chi connectivity index (χ4n) is 4.97. The average Bonchev–Trinajstić information content (AvgIpc) is 3.04. The maximum Gasteiger partial charge on any atom is 0.407 e. The third-order valence-electron chi connectivity index (χ3n) is 7.52. The molecular weight excluding hydrogens is 632 g/mol. The lowest BCUT2D eigenvalue weighted by Gasteiger charge is -2.33. The number of unbranched alkanes of at least 4 members (excludes halogenated alkanes) is 1. The summed E-state index contributed by atoms with van der Waals surface area (Å²) in [7, 11) is 2.40. The van der Waals surface area contributed by atoms with Gasteiger partial charge < -0.3 is 41.2 Å². The van der Waals surface area contributed by atoms with Gasteiger partial charge in [-0.3, -0.25) is 19.7 Å². The SMILES string of the molecule is COC(=O)C[C@H](N[C@H](CN[C@@H](Cc1ccccc1)C(N)=O)[C@H](CCCCNC(=O)Nc1ccccc1C)NC(=O)OC(C)(C)C)C(=O)OC. The van der Waals surface area contributed by atoms with Gasteiger partial charge in [0.15, 0.2) is 0 Å². The van der Waals surface area contributed by atoms with Gasteiger partial charge in [-0.15, -0.1) is 0 Å². The minimum absolute atomic E-state index is 0.0483. The molecule has 0 bridgehead atoms. The predicted molar refractivity (Wildman–Crippen MR) is 186 cm³/mol. The quantitative estimate of drug-likeness (QED) is 0.0727. The molecular formula is C35H52N6O8. The molecule has 14 heteroatoms. The second-order valence-corrected chi connectivity index (χ2v) is 12.6.